The van der Waals surface area contributed by atoms with Crippen molar-refractivity contribution in [2.24, 2.45) is 0 Å². The molecule has 134 valence electrons. The molecule has 0 aliphatic rings. The van der Waals surface area contributed by atoms with E-state index in [0.717, 1.165) is 13.0 Å². The second-order valence-corrected chi connectivity index (χ2v) is 8.74. The molecular formula is C17H38O4Si. The highest BCUT2D eigenvalue weighted by Gasteiger charge is 2.31. The Bertz CT molecular complexity index is 223. The Kier molecular flexibility index (Phi) is 16.0. The number of ether oxygens (including phenoxy) is 1. The van der Waals surface area contributed by atoms with Gasteiger partial charge in [-0.2, -0.15) is 0 Å². The van der Waals surface area contributed by atoms with Crippen LogP contribution in [-0.2, 0) is 18.0 Å². The summed E-state index contributed by atoms with van der Waals surface area (Å²) in [6, 6.07) is 0. The zero-order valence-corrected chi connectivity index (χ0v) is 16.3. The Balaban J connectivity index is 3.14. The van der Waals surface area contributed by atoms with Gasteiger partial charge in [0.15, 0.2) is 0 Å². The number of rotatable bonds is 17. The van der Waals surface area contributed by atoms with Gasteiger partial charge in [0.25, 0.3) is 0 Å². The van der Waals surface area contributed by atoms with Crippen LogP contribution in [0.2, 0.25) is 6.55 Å². The SMILES string of the molecule is CCCCCCCCCCCCOCCO[Si](C)(OC)OC. The normalized spacial score (nSPS) is 12.0. The Morgan fingerprint density at radius 2 is 1.14 bits per heavy atom. The van der Waals surface area contributed by atoms with E-state index in [1.165, 1.54) is 57.8 Å². The molecule has 0 heterocycles. The van der Waals surface area contributed by atoms with E-state index in [1.54, 1.807) is 14.2 Å². The summed E-state index contributed by atoms with van der Waals surface area (Å²) in [7, 11) is 0.871. The number of hydrogen-bond acceptors (Lipinski definition) is 4. The average molecular weight is 335 g/mol. The van der Waals surface area contributed by atoms with E-state index in [0.29, 0.717) is 13.2 Å². The van der Waals surface area contributed by atoms with Gasteiger partial charge in [-0.05, 0) is 6.42 Å². The minimum absolute atomic E-state index is 0.544. The first kappa shape index (κ1) is 22.1. The summed E-state index contributed by atoms with van der Waals surface area (Å²) in [5, 5.41) is 0. The second-order valence-electron chi connectivity index (χ2n) is 5.91. The molecule has 0 bridgehead atoms. The van der Waals surface area contributed by atoms with Crippen molar-refractivity contribution in [2.75, 3.05) is 34.0 Å². The maximum Gasteiger partial charge on any atom is 0.497 e. The van der Waals surface area contributed by atoms with Crippen LogP contribution in [0.15, 0.2) is 0 Å². The summed E-state index contributed by atoms with van der Waals surface area (Å²) in [5.41, 5.74) is 0. The van der Waals surface area contributed by atoms with Crippen molar-refractivity contribution < 1.29 is 18.0 Å². The lowest BCUT2D eigenvalue weighted by Gasteiger charge is -2.21. The van der Waals surface area contributed by atoms with Gasteiger partial charge in [0, 0.05) is 27.4 Å². The third kappa shape index (κ3) is 13.7. The minimum Gasteiger partial charge on any atom is -0.379 e. The molecule has 0 aliphatic heterocycles. The summed E-state index contributed by atoms with van der Waals surface area (Å²) >= 11 is 0. The van der Waals surface area contributed by atoms with E-state index >= 15 is 0 Å². The lowest BCUT2D eigenvalue weighted by Crippen LogP contribution is -2.41. The van der Waals surface area contributed by atoms with Crippen LogP contribution in [0.25, 0.3) is 0 Å². The summed E-state index contributed by atoms with van der Waals surface area (Å²) in [6.45, 7) is 6.15. The maximum atomic E-state index is 5.60. The molecule has 0 spiro atoms. The zero-order chi connectivity index (χ0) is 16.5. The molecule has 4 nitrogen and oxygen atoms in total. The zero-order valence-electron chi connectivity index (χ0n) is 15.3. The first-order valence-electron chi connectivity index (χ1n) is 9.00. The third-order valence-corrected chi connectivity index (χ3v) is 6.19. The van der Waals surface area contributed by atoms with Crippen LogP contribution in [0.3, 0.4) is 0 Å². The van der Waals surface area contributed by atoms with Crippen LogP contribution in [-0.4, -0.2) is 42.8 Å². The molecule has 0 unspecified atom stereocenters. The molecule has 0 saturated heterocycles. The van der Waals surface area contributed by atoms with E-state index in [4.69, 9.17) is 18.0 Å². The predicted molar refractivity (Wildman–Crippen MR) is 94.3 cm³/mol. The van der Waals surface area contributed by atoms with Gasteiger partial charge in [-0.1, -0.05) is 64.7 Å². The lowest BCUT2D eigenvalue weighted by atomic mass is 10.1. The highest BCUT2D eigenvalue weighted by Crippen LogP contribution is 2.10. The third-order valence-electron chi connectivity index (χ3n) is 3.98. The molecule has 0 aromatic carbocycles. The van der Waals surface area contributed by atoms with E-state index in [1.807, 2.05) is 6.55 Å². The smallest absolute Gasteiger partial charge is 0.379 e. The largest absolute Gasteiger partial charge is 0.497 e. The molecule has 0 saturated carbocycles. The van der Waals surface area contributed by atoms with Crippen molar-refractivity contribution in [3.8, 4) is 0 Å². The Morgan fingerprint density at radius 3 is 1.64 bits per heavy atom. The molecular weight excluding hydrogens is 296 g/mol. The van der Waals surface area contributed by atoms with Gasteiger partial charge < -0.3 is 18.0 Å². The molecule has 0 atom stereocenters. The fourth-order valence-corrected chi connectivity index (χ4v) is 3.14. The van der Waals surface area contributed by atoms with Crippen LogP contribution in [0.1, 0.15) is 71.1 Å². The van der Waals surface area contributed by atoms with Crippen molar-refractivity contribution in [2.45, 2.75) is 77.7 Å². The van der Waals surface area contributed by atoms with Crippen LogP contribution < -0.4 is 0 Å². The minimum atomic E-state index is -2.38. The molecule has 0 radical (unpaired) electrons. The summed E-state index contributed by atoms with van der Waals surface area (Å²) in [4.78, 5) is 0. The fourth-order valence-electron chi connectivity index (χ4n) is 2.28. The van der Waals surface area contributed by atoms with E-state index in [9.17, 15) is 0 Å². The average Bonchev–Trinajstić information content (AvgIpc) is 2.55. The summed E-state index contributed by atoms with van der Waals surface area (Å²) in [6.07, 6.45) is 13.5. The number of unbranched alkanes of at least 4 members (excludes halogenated alkanes) is 9. The van der Waals surface area contributed by atoms with Gasteiger partial charge >= 0.3 is 8.80 Å². The van der Waals surface area contributed by atoms with Gasteiger partial charge in [0.05, 0.1) is 13.2 Å². The second kappa shape index (κ2) is 15.9. The van der Waals surface area contributed by atoms with E-state index < -0.39 is 8.80 Å². The summed E-state index contributed by atoms with van der Waals surface area (Å²) < 4.78 is 21.7. The first-order chi connectivity index (χ1) is 10.7. The number of hydrogen-bond donors (Lipinski definition) is 0. The van der Waals surface area contributed by atoms with Gasteiger partial charge in [-0.15, -0.1) is 0 Å². The quantitative estimate of drug-likeness (QED) is 0.283. The molecule has 0 aliphatic carbocycles. The van der Waals surface area contributed by atoms with Gasteiger partial charge in [-0.3, -0.25) is 0 Å². The Labute approximate surface area is 139 Å². The van der Waals surface area contributed by atoms with E-state index in [-0.39, 0.29) is 0 Å². The molecule has 22 heavy (non-hydrogen) atoms. The molecule has 0 fully saturated rings. The molecule has 5 heteroatoms. The van der Waals surface area contributed by atoms with Crippen LogP contribution in [0.4, 0.5) is 0 Å². The first-order valence-corrected chi connectivity index (χ1v) is 11.2. The Morgan fingerprint density at radius 1 is 0.636 bits per heavy atom. The van der Waals surface area contributed by atoms with Gasteiger partial charge in [0.2, 0.25) is 0 Å². The van der Waals surface area contributed by atoms with Crippen molar-refractivity contribution in [1.82, 2.24) is 0 Å². The predicted octanol–water partition coefficient (Wildman–Crippen LogP) is 4.80. The highest BCUT2D eigenvalue weighted by atomic mass is 28.4. The highest BCUT2D eigenvalue weighted by molar-refractivity contribution is 6.59. The molecule has 0 aromatic heterocycles. The molecule has 0 aromatic rings. The Hall–Kier alpha value is 0.0569. The summed E-state index contributed by atoms with van der Waals surface area (Å²) in [5.74, 6) is 0. The van der Waals surface area contributed by atoms with Gasteiger partial charge in [0.1, 0.15) is 0 Å². The van der Waals surface area contributed by atoms with Crippen LogP contribution in [0.5, 0.6) is 0 Å². The molecule has 0 amide bonds. The van der Waals surface area contributed by atoms with Crippen LogP contribution >= 0.6 is 0 Å². The lowest BCUT2D eigenvalue weighted by molar-refractivity contribution is 0.0523. The molecule has 0 rings (SSSR count). The van der Waals surface area contributed by atoms with Crippen LogP contribution in [0, 0.1) is 0 Å². The van der Waals surface area contributed by atoms with Gasteiger partial charge in [-0.25, -0.2) is 0 Å². The van der Waals surface area contributed by atoms with E-state index in [2.05, 4.69) is 6.92 Å². The monoisotopic (exact) mass is 334 g/mol. The van der Waals surface area contributed by atoms with Crippen molar-refractivity contribution in [3.05, 3.63) is 0 Å². The van der Waals surface area contributed by atoms with Crippen molar-refractivity contribution in [1.29, 1.82) is 0 Å². The maximum absolute atomic E-state index is 5.60. The van der Waals surface area contributed by atoms with Crippen molar-refractivity contribution >= 4 is 8.80 Å². The fraction of sp³-hybridized carbons (Fsp3) is 1.00. The van der Waals surface area contributed by atoms with Crippen molar-refractivity contribution in [3.63, 3.8) is 0 Å². The molecule has 0 N–H and O–H groups in total. The topological polar surface area (TPSA) is 36.9 Å². The standard InChI is InChI=1S/C17H38O4Si/c1-5-6-7-8-9-10-11-12-13-14-15-20-16-17-21-22(4,18-2)19-3/h5-17H2,1-4H3.